The van der Waals surface area contributed by atoms with E-state index in [1.807, 2.05) is 30.3 Å². The Morgan fingerprint density at radius 2 is 1.76 bits per heavy atom. The van der Waals surface area contributed by atoms with Gasteiger partial charge in [0.15, 0.2) is 0 Å². The molecule has 126 valence electrons. The Bertz CT molecular complexity index is 925. The number of nitrogens with zero attached hydrogens (tertiary/aromatic N) is 1. The van der Waals surface area contributed by atoms with Crippen LogP contribution in [-0.4, -0.2) is 22.8 Å². The Hall–Kier alpha value is -3.28. The van der Waals surface area contributed by atoms with Crippen LogP contribution >= 0.6 is 0 Å². The standard InChI is InChI=1S/C19H16FN3O2/c20-14-8-5-13(6-9-14)19(25)23-17(18(21)24)11-15-10-7-12-3-1-2-4-16(12)22-15/h1-10,17H,11H2,(H2,21,24)(H,23,25)/t17-/m1/s1. The topological polar surface area (TPSA) is 85.1 Å². The number of para-hydroxylation sites is 1. The highest BCUT2D eigenvalue weighted by atomic mass is 19.1. The summed E-state index contributed by atoms with van der Waals surface area (Å²) in [6.45, 7) is 0. The molecular formula is C19H16FN3O2. The fourth-order valence-electron chi connectivity index (χ4n) is 2.50. The highest BCUT2D eigenvalue weighted by Crippen LogP contribution is 2.13. The SMILES string of the molecule is NC(=O)[C@@H](Cc1ccc2ccccc2n1)NC(=O)c1ccc(F)cc1. The molecule has 0 bridgehead atoms. The summed E-state index contributed by atoms with van der Waals surface area (Å²) >= 11 is 0. The van der Waals surface area contributed by atoms with Crippen LogP contribution in [0.3, 0.4) is 0 Å². The largest absolute Gasteiger partial charge is 0.368 e. The molecule has 0 unspecified atom stereocenters. The lowest BCUT2D eigenvalue weighted by Crippen LogP contribution is -2.46. The number of halogens is 1. The van der Waals surface area contributed by atoms with Crippen LogP contribution in [0.4, 0.5) is 4.39 Å². The van der Waals surface area contributed by atoms with E-state index in [4.69, 9.17) is 5.73 Å². The minimum Gasteiger partial charge on any atom is -0.368 e. The predicted molar refractivity (Wildman–Crippen MR) is 92.3 cm³/mol. The number of benzene rings is 2. The first-order valence-electron chi connectivity index (χ1n) is 7.73. The second-order valence-corrected chi connectivity index (χ2v) is 5.63. The number of hydrogen-bond acceptors (Lipinski definition) is 3. The van der Waals surface area contributed by atoms with E-state index in [2.05, 4.69) is 10.3 Å². The highest BCUT2D eigenvalue weighted by molar-refractivity contribution is 5.97. The lowest BCUT2D eigenvalue weighted by Gasteiger charge is -2.15. The normalized spacial score (nSPS) is 11.9. The molecule has 3 N–H and O–H groups in total. The third kappa shape index (κ3) is 3.98. The number of fused-ring (bicyclic) bond motifs is 1. The van der Waals surface area contributed by atoms with E-state index in [-0.39, 0.29) is 12.0 Å². The number of hydrogen-bond donors (Lipinski definition) is 2. The van der Waals surface area contributed by atoms with Gasteiger partial charge in [0.05, 0.1) is 5.52 Å². The first-order chi connectivity index (χ1) is 12.0. The summed E-state index contributed by atoms with van der Waals surface area (Å²) in [5.74, 6) is -1.60. The molecule has 0 aliphatic rings. The quantitative estimate of drug-likeness (QED) is 0.748. The van der Waals surface area contributed by atoms with Crippen LogP contribution in [0.2, 0.25) is 0 Å². The molecule has 1 atom stereocenters. The minimum atomic E-state index is -0.911. The average Bonchev–Trinajstić information content (AvgIpc) is 2.61. The van der Waals surface area contributed by atoms with Gasteiger partial charge in [-0.05, 0) is 36.4 Å². The van der Waals surface area contributed by atoms with Crippen LogP contribution < -0.4 is 11.1 Å². The number of aromatic nitrogens is 1. The highest BCUT2D eigenvalue weighted by Gasteiger charge is 2.20. The van der Waals surface area contributed by atoms with Crippen molar-refractivity contribution in [1.82, 2.24) is 10.3 Å². The number of pyridine rings is 1. The molecule has 1 aromatic heterocycles. The van der Waals surface area contributed by atoms with E-state index in [1.54, 1.807) is 6.07 Å². The minimum absolute atomic E-state index is 0.174. The van der Waals surface area contributed by atoms with Crippen molar-refractivity contribution in [1.29, 1.82) is 0 Å². The van der Waals surface area contributed by atoms with Gasteiger partial charge in [-0.15, -0.1) is 0 Å². The summed E-state index contributed by atoms with van der Waals surface area (Å²) in [5, 5.41) is 3.56. The van der Waals surface area contributed by atoms with Crippen molar-refractivity contribution < 1.29 is 14.0 Å². The van der Waals surface area contributed by atoms with Crippen LogP contribution in [0, 0.1) is 5.82 Å². The number of primary amides is 1. The molecule has 25 heavy (non-hydrogen) atoms. The van der Waals surface area contributed by atoms with Gasteiger partial charge < -0.3 is 11.1 Å². The Balaban J connectivity index is 1.77. The van der Waals surface area contributed by atoms with Gasteiger partial charge in [0.1, 0.15) is 11.9 Å². The third-order valence-corrected chi connectivity index (χ3v) is 3.82. The number of nitrogens with one attached hydrogen (secondary N) is 1. The summed E-state index contributed by atoms with van der Waals surface area (Å²) in [7, 11) is 0. The maximum atomic E-state index is 12.9. The molecule has 5 nitrogen and oxygen atoms in total. The molecule has 2 aromatic carbocycles. The fourth-order valence-corrected chi connectivity index (χ4v) is 2.50. The molecule has 6 heteroatoms. The van der Waals surface area contributed by atoms with Crippen LogP contribution in [-0.2, 0) is 11.2 Å². The number of carbonyl (C=O) groups excluding carboxylic acids is 2. The molecule has 0 saturated heterocycles. The molecule has 0 aliphatic carbocycles. The van der Waals surface area contributed by atoms with E-state index < -0.39 is 23.7 Å². The Kier molecular flexibility index (Phi) is 4.70. The molecule has 0 radical (unpaired) electrons. The molecule has 2 amide bonds. The number of amides is 2. The van der Waals surface area contributed by atoms with Gasteiger partial charge in [0.2, 0.25) is 5.91 Å². The molecule has 0 aliphatic heterocycles. The maximum Gasteiger partial charge on any atom is 0.251 e. The number of nitrogens with two attached hydrogens (primary N) is 1. The zero-order valence-electron chi connectivity index (χ0n) is 13.3. The molecule has 0 fully saturated rings. The molecule has 1 heterocycles. The molecule has 3 rings (SSSR count). The molecule has 3 aromatic rings. The van der Waals surface area contributed by atoms with Gasteiger partial charge in [-0.2, -0.15) is 0 Å². The van der Waals surface area contributed by atoms with Gasteiger partial charge in [0, 0.05) is 23.1 Å². The average molecular weight is 337 g/mol. The van der Waals surface area contributed by atoms with Gasteiger partial charge in [-0.3, -0.25) is 14.6 Å². The first-order valence-corrected chi connectivity index (χ1v) is 7.73. The van der Waals surface area contributed by atoms with Crippen molar-refractivity contribution in [3.63, 3.8) is 0 Å². The second-order valence-electron chi connectivity index (χ2n) is 5.63. The van der Waals surface area contributed by atoms with E-state index >= 15 is 0 Å². The molecule has 0 saturated carbocycles. The summed E-state index contributed by atoms with van der Waals surface area (Å²) in [4.78, 5) is 28.4. The van der Waals surface area contributed by atoms with E-state index in [1.165, 1.54) is 24.3 Å². The van der Waals surface area contributed by atoms with Crippen LogP contribution in [0.5, 0.6) is 0 Å². The van der Waals surface area contributed by atoms with Crippen molar-refractivity contribution >= 4 is 22.7 Å². The molecule has 0 spiro atoms. The van der Waals surface area contributed by atoms with Gasteiger partial charge >= 0.3 is 0 Å². The lowest BCUT2D eigenvalue weighted by atomic mass is 10.1. The monoisotopic (exact) mass is 337 g/mol. The van der Waals surface area contributed by atoms with Crippen LogP contribution in [0.15, 0.2) is 60.7 Å². The van der Waals surface area contributed by atoms with Crippen molar-refractivity contribution in [2.45, 2.75) is 12.5 Å². The summed E-state index contributed by atoms with van der Waals surface area (Å²) in [6.07, 6.45) is 0.174. The van der Waals surface area contributed by atoms with Gasteiger partial charge in [-0.25, -0.2) is 4.39 Å². The summed E-state index contributed by atoms with van der Waals surface area (Å²) < 4.78 is 12.9. The molecular weight excluding hydrogens is 321 g/mol. The zero-order valence-corrected chi connectivity index (χ0v) is 13.3. The van der Waals surface area contributed by atoms with Crippen molar-refractivity contribution in [3.05, 3.63) is 77.7 Å². The Morgan fingerprint density at radius 1 is 1.04 bits per heavy atom. The Morgan fingerprint density at radius 3 is 2.48 bits per heavy atom. The predicted octanol–water partition coefficient (Wildman–Crippen LogP) is 2.20. The van der Waals surface area contributed by atoms with Crippen molar-refractivity contribution in [2.75, 3.05) is 0 Å². The summed E-state index contributed by atoms with van der Waals surface area (Å²) in [5.41, 5.74) is 7.10. The second kappa shape index (κ2) is 7.09. The van der Waals surface area contributed by atoms with E-state index in [0.29, 0.717) is 5.69 Å². The van der Waals surface area contributed by atoms with E-state index in [0.717, 1.165) is 10.9 Å². The van der Waals surface area contributed by atoms with E-state index in [9.17, 15) is 14.0 Å². The van der Waals surface area contributed by atoms with Crippen molar-refractivity contribution in [2.24, 2.45) is 5.73 Å². The zero-order chi connectivity index (χ0) is 17.8. The van der Waals surface area contributed by atoms with Gasteiger partial charge in [0.25, 0.3) is 5.91 Å². The van der Waals surface area contributed by atoms with Gasteiger partial charge in [-0.1, -0.05) is 24.3 Å². The third-order valence-electron chi connectivity index (χ3n) is 3.82. The lowest BCUT2D eigenvalue weighted by molar-refractivity contribution is -0.119. The summed E-state index contributed by atoms with van der Waals surface area (Å²) in [6, 6.07) is 15.4. The number of carbonyl (C=O) groups is 2. The van der Waals surface area contributed by atoms with Crippen molar-refractivity contribution in [3.8, 4) is 0 Å². The smallest absolute Gasteiger partial charge is 0.251 e. The maximum absolute atomic E-state index is 12.9. The van der Waals surface area contributed by atoms with Crippen LogP contribution in [0.25, 0.3) is 10.9 Å². The van der Waals surface area contributed by atoms with Crippen LogP contribution in [0.1, 0.15) is 16.1 Å². The fraction of sp³-hybridized carbons (Fsp3) is 0.105. The number of rotatable bonds is 5. The first kappa shape index (κ1) is 16.6. The Labute approximate surface area is 143 Å².